The summed E-state index contributed by atoms with van der Waals surface area (Å²) < 4.78 is 1.67. The average molecular weight is 204 g/mol. The maximum atomic E-state index is 5.99. The molecule has 0 spiro atoms. The van der Waals surface area contributed by atoms with E-state index in [1.165, 1.54) is 12.8 Å². The highest BCUT2D eigenvalue weighted by atomic mass is 35.5. The van der Waals surface area contributed by atoms with Gasteiger partial charge in [-0.2, -0.15) is 5.10 Å². The molecule has 1 aliphatic heterocycles. The molecule has 1 rings (SSSR count). The summed E-state index contributed by atoms with van der Waals surface area (Å²) >= 11 is 5.99. The van der Waals surface area contributed by atoms with Gasteiger partial charge in [-0.3, -0.25) is 5.01 Å². The molecule has 0 aromatic heterocycles. The SMILES string of the molecule is CCCCN1N=CN(Cl)C1C(C)C. The number of hydrazone groups is 1. The Bertz CT molecular complexity index is 182. The molecule has 0 aromatic carbocycles. The third-order valence-corrected chi connectivity index (χ3v) is 2.49. The van der Waals surface area contributed by atoms with E-state index in [1.54, 1.807) is 10.8 Å². The first-order valence-electron chi connectivity index (χ1n) is 4.91. The van der Waals surface area contributed by atoms with Crippen LogP contribution in [0.2, 0.25) is 0 Å². The molecule has 0 aromatic rings. The van der Waals surface area contributed by atoms with E-state index in [1.807, 2.05) is 0 Å². The minimum Gasteiger partial charge on any atom is -0.272 e. The Morgan fingerprint density at radius 3 is 2.77 bits per heavy atom. The number of nitrogens with zero attached hydrogens (tertiary/aromatic N) is 3. The van der Waals surface area contributed by atoms with Gasteiger partial charge in [0.15, 0.2) is 0 Å². The van der Waals surface area contributed by atoms with Crippen LogP contribution in [0.1, 0.15) is 33.6 Å². The molecule has 3 nitrogen and oxygen atoms in total. The number of halogens is 1. The zero-order valence-electron chi connectivity index (χ0n) is 8.57. The highest BCUT2D eigenvalue weighted by molar-refractivity contribution is 6.19. The van der Waals surface area contributed by atoms with E-state index < -0.39 is 0 Å². The van der Waals surface area contributed by atoms with Gasteiger partial charge in [0.1, 0.15) is 12.5 Å². The van der Waals surface area contributed by atoms with Crippen molar-refractivity contribution in [2.45, 2.75) is 39.8 Å². The molecule has 13 heavy (non-hydrogen) atoms. The molecule has 0 saturated carbocycles. The molecule has 0 aliphatic carbocycles. The van der Waals surface area contributed by atoms with Crippen LogP contribution in [-0.4, -0.2) is 28.5 Å². The normalized spacial score (nSPS) is 22.1. The Labute approximate surface area is 85.5 Å². The monoisotopic (exact) mass is 203 g/mol. The second-order valence-electron chi connectivity index (χ2n) is 3.75. The summed E-state index contributed by atoms with van der Waals surface area (Å²) in [4.78, 5) is 0. The quantitative estimate of drug-likeness (QED) is 0.654. The van der Waals surface area contributed by atoms with E-state index in [4.69, 9.17) is 11.8 Å². The van der Waals surface area contributed by atoms with Crippen LogP contribution < -0.4 is 0 Å². The van der Waals surface area contributed by atoms with Crippen LogP contribution in [0, 0.1) is 5.92 Å². The summed E-state index contributed by atoms with van der Waals surface area (Å²) in [5.74, 6) is 0.497. The van der Waals surface area contributed by atoms with Gasteiger partial charge in [0, 0.05) is 18.3 Å². The second kappa shape index (κ2) is 4.70. The molecule has 4 heteroatoms. The summed E-state index contributed by atoms with van der Waals surface area (Å²) in [5.41, 5.74) is 0. The molecular weight excluding hydrogens is 186 g/mol. The summed E-state index contributed by atoms with van der Waals surface area (Å²) in [6.45, 7) is 7.50. The van der Waals surface area contributed by atoms with E-state index >= 15 is 0 Å². The van der Waals surface area contributed by atoms with Crippen molar-refractivity contribution in [2.75, 3.05) is 6.54 Å². The predicted octanol–water partition coefficient (Wildman–Crippen LogP) is 2.48. The van der Waals surface area contributed by atoms with Crippen molar-refractivity contribution in [3.63, 3.8) is 0 Å². The van der Waals surface area contributed by atoms with Gasteiger partial charge in [-0.05, 0) is 12.3 Å². The number of hydrogen-bond acceptors (Lipinski definition) is 3. The second-order valence-corrected chi connectivity index (χ2v) is 4.14. The Hall–Kier alpha value is -0.440. The molecule has 0 N–H and O–H groups in total. The highest BCUT2D eigenvalue weighted by Gasteiger charge is 2.28. The van der Waals surface area contributed by atoms with Crippen molar-refractivity contribution in [3.8, 4) is 0 Å². The van der Waals surface area contributed by atoms with E-state index in [9.17, 15) is 0 Å². The lowest BCUT2D eigenvalue weighted by Crippen LogP contribution is -2.39. The van der Waals surface area contributed by atoms with Crippen LogP contribution in [0.5, 0.6) is 0 Å². The lowest BCUT2D eigenvalue weighted by Gasteiger charge is -2.29. The van der Waals surface area contributed by atoms with Gasteiger partial charge in [0.25, 0.3) is 0 Å². The zero-order valence-corrected chi connectivity index (χ0v) is 9.33. The van der Waals surface area contributed by atoms with Gasteiger partial charge in [-0.1, -0.05) is 27.2 Å². The third-order valence-electron chi connectivity index (χ3n) is 2.21. The first-order valence-corrected chi connectivity index (χ1v) is 5.25. The maximum Gasteiger partial charge on any atom is 0.136 e. The standard InChI is InChI=1S/C9H18ClN3/c1-4-5-6-13-9(8(2)3)12(10)7-11-13/h7-9H,4-6H2,1-3H3. The van der Waals surface area contributed by atoms with Crippen molar-refractivity contribution in [1.82, 2.24) is 9.43 Å². The molecule has 1 unspecified atom stereocenters. The fourth-order valence-electron chi connectivity index (χ4n) is 1.52. The maximum absolute atomic E-state index is 5.99. The van der Waals surface area contributed by atoms with Crippen molar-refractivity contribution < 1.29 is 0 Å². The average Bonchev–Trinajstić information content (AvgIpc) is 2.43. The predicted molar refractivity (Wildman–Crippen MR) is 56.4 cm³/mol. The Balaban J connectivity index is 2.48. The minimum absolute atomic E-state index is 0.230. The van der Waals surface area contributed by atoms with Crippen LogP contribution in [0.15, 0.2) is 5.10 Å². The first-order chi connectivity index (χ1) is 6.16. The van der Waals surface area contributed by atoms with Gasteiger partial charge < -0.3 is 0 Å². The Kier molecular flexibility index (Phi) is 3.85. The van der Waals surface area contributed by atoms with Crippen LogP contribution in [-0.2, 0) is 0 Å². The topological polar surface area (TPSA) is 18.8 Å². The Morgan fingerprint density at radius 1 is 1.54 bits per heavy atom. The van der Waals surface area contributed by atoms with Crippen molar-refractivity contribution in [1.29, 1.82) is 0 Å². The first kappa shape index (κ1) is 10.6. The van der Waals surface area contributed by atoms with Gasteiger partial charge in [0.2, 0.25) is 0 Å². The Morgan fingerprint density at radius 2 is 2.23 bits per heavy atom. The van der Waals surface area contributed by atoms with Gasteiger partial charge >= 0.3 is 0 Å². The van der Waals surface area contributed by atoms with Gasteiger partial charge in [0.05, 0.1) is 0 Å². The molecular formula is C9H18ClN3. The highest BCUT2D eigenvalue weighted by Crippen LogP contribution is 2.21. The van der Waals surface area contributed by atoms with E-state index in [-0.39, 0.29) is 6.17 Å². The molecule has 1 heterocycles. The van der Waals surface area contributed by atoms with E-state index in [2.05, 4.69) is 30.9 Å². The summed E-state index contributed by atoms with van der Waals surface area (Å²) in [7, 11) is 0. The van der Waals surface area contributed by atoms with E-state index in [0.717, 1.165) is 6.54 Å². The lowest BCUT2D eigenvalue weighted by molar-refractivity contribution is 0.128. The van der Waals surface area contributed by atoms with E-state index in [0.29, 0.717) is 5.92 Å². The molecule has 0 fully saturated rings. The van der Waals surface area contributed by atoms with Crippen molar-refractivity contribution >= 4 is 18.1 Å². The third kappa shape index (κ3) is 2.50. The van der Waals surface area contributed by atoms with Crippen LogP contribution >= 0.6 is 11.8 Å². The molecule has 0 radical (unpaired) electrons. The fraction of sp³-hybridized carbons (Fsp3) is 0.889. The van der Waals surface area contributed by atoms with Gasteiger partial charge in [-0.15, -0.1) is 0 Å². The van der Waals surface area contributed by atoms with Crippen LogP contribution in [0.3, 0.4) is 0 Å². The van der Waals surface area contributed by atoms with Crippen molar-refractivity contribution in [2.24, 2.45) is 11.0 Å². The smallest absolute Gasteiger partial charge is 0.136 e. The molecule has 0 amide bonds. The molecule has 76 valence electrons. The van der Waals surface area contributed by atoms with Crippen LogP contribution in [0.4, 0.5) is 0 Å². The van der Waals surface area contributed by atoms with Crippen molar-refractivity contribution in [3.05, 3.63) is 0 Å². The lowest BCUT2D eigenvalue weighted by atomic mass is 10.1. The largest absolute Gasteiger partial charge is 0.272 e. The number of unbranched alkanes of at least 4 members (excludes halogenated alkanes) is 1. The molecule has 1 aliphatic rings. The fourth-order valence-corrected chi connectivity index (χ4v) is 1.88. The summed E-state index contributed by atoms with van der Waals surface area (Å²) in [5, 5.41) is 6.33. The summed E-state index contributed by atoms with van der Waals surface area (Å²) in [6.07, 6.45) is 4.29. The minimum atomic E-state index is 0.230. The molecule has 0 bridgehead atoms. The van der Waals surface area contributed by atoms with Gasteiger partial charge in [-0.25, -0.2) is 4.42 Å². The molecule has 0 saturated heterocycles. The molecule has 1 atom stereocenters. The number of hydrogen-bond donors (Lipinski definition) is 0. The summed E-state index contributed by atoms with van der Waals surface area (Å²) in [6, 6.07) is 0. The van der Waals surface area contributed by atoms with Crippen LogP contribution in [0.25, 0.3) is 0 Å². The number of rotatable bonds is 4. The zero-order chi connectivity index (χ0) is 9.84.